The van der Waals surface area contributed by atoms with Crippen molar-refractivity contribution >= 4 is 28.5 Å². The molecule has 0 aliphatic rings. The number of phenols is 1. The lowest BCUT2D eigenvalue weighted by Gasteiger charge is -2.10. The third-order valence-corrected chi connectivity index (χ3v) is 3.72. The maximum Gasteiger partial charge on any atom is 0.310 e. The monoisotopic (exact) mass is 355 g/mol. The number of furan rings is 1. The zero-order chi connectivity index (χ0) is 18.5. The van der Waals surface area contributed by atoms with E-state index < -0.39 is 18.5 Å². The van der Waals surface area contributed by atoms with Gasteiger partial charge in [0, 0.05) is 17.0 Å². The van der Waals surface area contributed by atoms with Crippen LogP contribution in [0.2, 0.25) is 0 Å². The summed E-state index contributed by atoms with van der Waals surface area (Å²) in [5, 5.41) is 12.8. The van der Waals surface area contributed by atoms with E-state index in [-0.39, 0.29) is 12.2 Å². The number of hydrogen-bond donors (Lipinski definition) is 2. The lowest BCUT2D eigenvalue weighted by molar-refractivity contribution is -0.146. The molecule has 0 unspecified atom stereocenters. The molecule has 0 aliphatic carbocycles. The van der Waals surface area contributed by atoms with E-state index in [4.69, 9.17) is 13.9 Å². The van der Waals surface area contributed by atoms with Crippen LogP contribution in [0.4, 0.5) is 5.69 Å². The summed E-state index contributed by atoms with van der Waals surface area (Å²) < 4.78 is 15.5. The van der Waals surface area contributed by atoms with Gasteiger partial charge in [-0.05, 0) is 24.3 Å². The lowest BCUT2D eigenvalue weighted by atomic mass is 10.1. The molecule has 0 saturated heterocycles. The van der Waals surface area contributed by atoms with E-state index in [9.17, 15) is 14.7 Å². The first-order valence-corrected chi connectivity index (χ1v) is 7.84. The minimum Gasteiger partial charge on any atom is -0.508 e. The average Bonchev–Trinajstić information content (AvgIpc) is 3.02. The number of nitrogens with one attached hydrogen (secondary N) is 1. The molecule has 0 saturated carbocycles. The molecule has 0 bridgehead atoms. The zero-order valence-corrected chi connectivity index (χ0v) is 14.0. The van der Waals surface area contributed by atoms with Crippen molar-refractivity contribution in [1.82, 2.24) is 0 Å². The van der Waals surface area contributed by atoms with E-state index in [0.29, 0.717) is 28.0 Å². The smallest absolute Gasteiger partial charge is 0.310 e. The summed E-state index contributed by atoms with van der Waals surface area (Å²) in [4.78, 5) is 23.9. The van der Waals surface area contributed by atoms with E-state index >= 15 is 0 Å². The van der Waals surface area contributed by atoms with Crippen molar-refractivity contribution < 1.29 is 28.6 Å². The zero-order valence-electron chi connectivity index (χ0n) is 14.0. The summed E-state index contributed by atoms with van der Waals surface area (Å²) in [5.41, 5.74) is 1.59. The normalized spacial score (nSPS) is 10.5. The predicted octanol–water partition coefficient (Wildman–Crippen LogP) is 2.87. The summed E-state index contributed by atoms with van der Waals surface area (Å²) in [6, 6.07) is 11.6. The Bertz CT molecular complexity index is 946. The Kier molecular flexibility index (Phi) is 5.07. The fourth-order valence-corrected chi connectivity index (χ4v) is 2.50. The van der Waals surface area contributed by atoms with E-state index in [0.717, 1.165) is 0 Å². The second kappa shape index (κ2) is 7.60. The van der Waals surface area contributed by atoms with Crippen molar-refractivity contribution in [2.45, 2.75) is 6.42 Å². The number of hydrogen-bond acceptors (Lipinski definition) is 6. The van der Waals surface area contributed by atoms with Crippen molar-refractivity contribution in [2.24, 2.45) is 0 Å². The second-order valence-electron chi connectivity index (χ2n) is 5.53. The number of carbonyl (C=O) groups is 2. The average molecular weight is 355 g/mol. The molecule has 0 spiro atoms. The van der Waals surface area contributed by atoms with Gasteiger partial charge in [-0.2, -0.15) is 0 Å². The maximum absolute atomic E-state index is 12.0. The molecule has 0 radical (unpaired) electrons. The number of esters is 1. The van der Waals surface area contributed by atoms with Gasteiger partial charge in [0.2, 0.25) is 0 Å². The van der Waals surface area contributed by atoms with Gasteiger partial charge in [0.15, 0.2) is 6.61 Å². The number of fused-ring (bicyclic) bond motifs is 1. The molecule has 7 nitrogen and oxygen atoms in total. The molecule has 2 aromatic carbocycles. The number of phenolic OH excluding ortho intramolecular Hbond substituents is 1. The Labute approximate surface area is 149 Å². The van der Waals surface area contributed by atoms with Crippen LogP contribution in [0, 0.1) is 0 Å². The Morgan fingerprint density at radius 2 is 2.00 bits per heavy atom. The number of rotatable bonds is 6. The number of para-hydroxylation sites is 2. The van der Waals surface area contributed by atoms with Crippen LogP contribution in [0.15, 0.2) is 53.1 Å². The van der Waals surface area contributed by atoms with Crippen molar-refractivity contribution in [3.05, 3.63) is 54.3 Å². The minimum absolute atomic E-state index is 0.0420. The Balaban J connectivity index is 1.55. The largest absolute Gasteiger partial charge is 0.508 e. The first kappa shape index (κ1) is 17.3. The molecule has 2 N–H and O–H groups in total. The van der Waals surface area contributed by atoms with Gasteiger partial charge in [-0.3, -0.25) is 9.59 Å². The van der Waals surface area contributed by atoms with Crippen LogP contribution in [0.1, 0.15) is 5.56 Å². The molecule has 3 aromatic rings. The highest BCUT2D eigenvalue weighted by Crippen LogP contribution is 2.25. The minimum atomic E-state index is -0.559. The van der Waals surface area contributed by atoms with Gasteiger partial charge in [-0.15, -0.1) is 0 Å². The van der Waals surface area contributed by atoms with Crippen LogP contribution >= 0.6 is 0 Å². The van der Waals surface area contributed by atoms with Crippen molar-refractivity contribution in [3.63, 3.8) is 0 Å². The summed E-state index contributed by atoms with van der Waals surface area (Å²) in [7, 11) is 1.50. The van der Waals surface area contributed by atoms with Gasteiger partial charge in [0.1, 0.15) is 17.1 Å². The number of benzene rings is 2. The fraction of sp³-hybridized carbons (Fsp3) is 0.158. The predicted molar refractivity (Wildman–Crippen MR) is 94.2 cm³/mol. The van der Waals surface area contributed by atoms with Crippen LogP contribution in [0.25, 0.3) is 11.0 Å². The van der Waals surface area contributed by atoms with Gasteiger partial charge in [0.05, 0.1) is 25.5 Å². The first-order valence-electron chi connectivity index (χ1n) is 7.84. The second-order valence-corrected chi connectivity index (χ2v) is 5.53. The molecule has 1 heterocycles. The summed E-state index contributed by atoms with van der Waals surface area (Å²) >= 11 is 0. The number of carbonyl (C=O) groups excluding carboxylic acids is 2. The van der Waals surface area contributed by atoms with Crippen LogP contribution < -0.4 is 10.1 Å². The van der Waals surface area contributed by atoms with Gasteiger partial charge < -0.3 is 24.3 Å². The number of aromatic hydroxyl groups is 1. The molecule has 1 amide bonds. The molecule has 7 heteroatoms. The summed E-state index contributed by atoms with van der Waals surface area (Å²) in [6.07, 6.45) is 1.39. The molecule has 3 rings (SSSR count). The molecule has 26 heavy (non-hydrogen) atoms. The van der Waals surface area contributed by atoms with Crippen LogP contribution in [-0.2, 0) is 20.7 Å². The molecular weight excluding hydrogens is 338 g/mol. The molecule has 0 fully saturated rings. The van der Waals surface area contributed by atoms with Gasteiger partial charge in [0.25, 0.3) is 5.91 Å². The molecule has 0 atom stereocenters. The third-order valence-electron chi connectivity index (χ3n) is 3.72. The van der Waals surface area contributed by atoms with Gasteiger partial charge in [-0.1, -0.05) is 12.1 Å². The maximum atomic E-state index is 12.0. The van der Waals surface area contributed by atoms with E-state index in [1.807, 2.05) is 0 Å². The topological polar surface area (TPSA) is 98.0 Å². The van der Waals surface area contributed by atoms with E-state index in [2.05, 4.69) is 5.32 Å². The Morgan fingerprint density at radius 1 is 1.19 bits per heavy atom. The lowest BCUT2D eigenvalue weighted by Crippen LogP contribution is -2.21. The summed E-state index contributed by atoms with van der Waals surface area (Å²) in [6.45, 7) is -0.409. The Hall–Kier alpha value is -3.48. The highest BCUT2D eigenvalue weighted by molar-refractivity contribution is 5.94. The number of ether oxygens (including phenoxy) is 2. The highest BCUT2D eigenvalue weighted by Gasteiger charge is 2.14. The third kappa shape index (κ3) is 3.94. The summed E-state index contributed by atoms with van der Waals surface area (Å²) in [5.74, 6) is -0.435. The number of anilines is 1. The quantitative estimate of drug-likeness (QED) is 0.660. The number of amides is 1. The van der Waals surface area contributed by atoms with Crippen LogP contribution in [0.5, 0.6) is 11.5 Å². The Morgan fingerprint density at radius 3 is 2.81 bits per heavy atom. The molecule has 1 aromatic heterocycles. The van der Waals surface area contributed by atoms with Gasteiger partial charge in [-0.25, -0.2) is 0 Å². The highest BCUT2D eigenvalue weighted by atomic mass is 16.5. The van der Waals surface area contributed by atoms with Crippen LogP contribution in [0.3, 0.4) is 0 Å². The van der Waals surface area contributed by atoms with E-state index in [1.54, 1.807) is 30.3 Å². The van der Waals surface area contributed by atoms with Crippen molar-refractivity contribution in [3.8, 4) is 11.5 Å². The SMILES string of the molecule is COc1ccccc1NC(=O)COC(=O)Cc1coc2cc(O)ccc12. The molecule has 0 aliphatic heterocycles. The standard InChI is InChI=1S/C19H17NO6/c1-24-16-5-3-2-4-15(16)20-18(22)11-26-19(23)8-12-10-25-17-9-13(21)6-7-14(12)17/h2-7,9-10,21H,8,11H2,1H3,(H,20,22). The van der Waals surface area contributed by atoms with Crippen LogP contribution in [-0.4, -0.2) is 30.7 Å². The first-order chi connectivity index (χ1) is 12.6. The fourth-order valence-electron chi connectivity index (χ4n) is 2.50. The van der Waals surface area contributed by atoms with Gasteiger partial charge >= 0.3 is 5.97 Å². The van der Waals surface area contributed by atoms with Crippen molar-refractivity contribution in [2.75, 3.05) is 19.0 Å². The molecular formula is C19H17NO6. The van der Waals surface area contributed by atoms with E-state index in [1.165, 1.54) is 25.5 Å². The number of methoxy groups -OCH3 is 1. The molecule has 134 valence electrons. The van der Waals surface area contributed by atoms with Crippen molar-refractivity contribution in [1.29, 1.82) is 0 Å².